The van der Waals surface area contributed by atoms with Crippen molar-refractivity contribution in [2.75, 3.05) is 13.1 Å². The maximum Gasteiger partial charge on any atom is 0.247 e. The number of piperidine rings is 1. The molecule has 3 rings (SSSR count). The van der Waals surface area contributed by atoms with Gasteiger partial charge in [-0.15, -0.1) is 10.2 Å². The first-order valence-corrected chi connectivity index (χ1v) is 8.19. The quantitative estimate of drug-likeness (QED) is 0.869. The number of hydrogen-bond acceptors (Lipinski definition) is 4. The van der Waals surface area contributed by atoms with Crippen LogP contribution in [0, 0.1) is 5.41 Å². The van der Waals surface area contributed by atoms with Gasteiger partial charge in [0.15, 0.2) is 0 Å². The molecule has 1 aliphatic rings. The third-order valence-electron chi connectivity index (χ3n) is 4.29. The fraction of sp³-hybridized carbons (Fsp3) is 0.500. The molecule has 23 heavy (non-hydrogen) atoms. The molecule has 2 aromatic rings. The van der Waals surface area contributed by atoms with E-state index < -0.39 is 0 Å². The second kappa shape index (κ2) is 6.52. The molecule has 0 unspecified atom stereocenters. The van der Waals surface area contributed by atoms with Crippen LogP contribution in [0.2, 0.25) is 0 Å². The van der Waals surface area contributed by atoms with Gasteiger partial charge in [0, 0.05) is 31.5 Å². The molecule has 0 N–H and O–H groups in total. The molecule has 1 fully saturated rings. The summed E-state index contributed by atoms with van der Waals surface area (Å²) in [6.07, 6.45) is 3.18. The van der Waals surface area contributed by atoms with E-state index in [2.05, 4.69) is 24.0 Å². The fourth-order valence-corrected chi connectivity index (χ4v) is 3.06. The van der Waals surface area contributed by atoms with Crippen molar-refractivity contribution in [1.82, 2.24) is 15.1 Å². The van der Waals surface area contributed by atoms with Crippen LogP contribution in [0.15, 0.2) is 34.7 Å². The normalized spacial score (nSPS) is 17.2. The van der Waals surface area contributed by atoms with E-state index in [0.717, 1.165) is 25.1 Å². The third kappa shape index (κ3) is 3.97. The number of likely N-dealkylation sites (tertiary alicyclic amines) is 1. The smallest absolute Gasteiger partial charge is 0.247 e. The average Bonchev–Trinajstić information content (AvgIpc) is 3.01. The molecule has 1 aromatic carbocycles. The van der Waals surface area contributed by atoms with Gasteiger partial charge >= 0.3 is 0 Å². The Balaban J connectivity index is 1.56. The lowest BCUT2D eigenvalue weighted by atomic mass is 9.84. The summed E-state index contributed by atoms with van der Waals surface area (Å²) in [6, 6.07) is 9.66. The molecule has 0 spiro atoms. The minimum Gasteiger partial charge on any atom is -0.421 e. The standard InChI is InChI=1S/C18H23N3O2/c1-18(2)11-6-12-21(13-18)16(22)10-9-15-19-20-17(23-15)14-7-4-3-5-8-14/h3-5,7-8H,6,9-13H2,1-2H3. The average molecular weight is 313 g/mol. The lowest BCUT2D eigenvalue weighted by Crippen LogP contribution is -2.43. The highest BCUT2D eigenvalue weighted by molar-refractivity contribution is 5.76. The maximum absolute atomic E-state index is 12.4. The number of rotatable bonds is 4. The van der Waals surface area contributed by atoms with E-state index in [1.807, 2.05) is 35.2 Å². The van der Waals surface area contributed by atoms with Crippen LogP contribution in [0.25, 0.3) is 11.5 Å². The Kier molecular flexibility index (Phi) is 4.46. The van der Waals surface area contributed by atoms with E-state index in [1.165, 1.54) is 6.42 Å². The van der Waals surface area contributed by atoms with Gasteiger partial charge in [-0.3, -0.25) is 4.79 Å². The number of nitrogens with zero attached hydrogens (tertiary/aromatic N) is 3. The van der Waals surface area contributed by atoms with Crippen molar-refractivity contribution >= 4 is 5.91 Å². The van der Waals surface area contributed by atoms with Crippen molar-refractivity contribution < 1.29 is 9.21 Å². The Labute approximate surface area is 136 Å². The van der Waals surface area contributed by atoms with E-state index in [9.17, 15) is 4.79 Å². The predicted octanol–water partition coefficient (Wildman–Crippen LogP) is 3.32. The molecular weight excluding hydrogens is 290 g/mol. The highest BCUT2D eigenvalue weighted by Crippen LogP contribution is 2.28. The fourth-order valence-electron chi connectivity index (χ4n) is 3.06. The summed E-state index contributed by atoms with van der Waals surface area (Å²) in [6.45, 7) is 6.14. The summed E-state index contributed by atoms with van der Waals surface area (Å²) in [7, 11) is 0. The van der Waals surface area contributed by atoms with Crippen molar-refractivity contribution in [3.05, 3.63) is 36.2 Å². The molecular formula is C18H23N3O2. The first-order chi connectivity index (χ1) is 11.0. The van der Waals surface area contributed by atoms with Crippen LogP contribution in [-0.2, 0) is 11.2 Å². The predicted molar refractivity (Wildman–Crippen MR) is 87.7 cm³/mol. The van der Waals surface area contributed by atoms with Crippen molar-refractivity contribution in [1.29, 1.82) is 0 Å². The Morgan fingerprint density at radius 3 is 2.78 bits per heavy atom. The van der Waals surface area contributed by atoms with Gasteiger partial charge in [0.2, 0.25) is 17.7 Å². The molecule has 122 valence electrons. The Hall–Kier alpha value is -2.17. The summed E-state index contributed by atoms with van der Waals surface area (Å²) < 4.78 is 5.66. The minimum absolute atomic E-state index is 0.178. The van der Waals surface area contributed by atoms with Gasteiger partial charge < -0.3 is 9.32 Å². The summed E-state index contributed by atoms with van der Waals surface area (Å²) in [4.78, 5) is 14.3. The highest BCUT2D eigenvalue weighted by Gasteiger charge is 2.28. The van der Waals surface area contributed by atoms with Crippen molar-refractivity contribution in [2.24, 2.45) is 5.41 Å². The topological polar surface area (TPSA) is 59.2 Å². The van der Waals surface area contributed by atoms with Gasteiger partial charge in [0.1, 0.15) is 0 Å². The van der Waals surface area contributed by atoms with Crippen LogP contribution in [0.3, 0.4) is 0 Å². The molecule has 0 saturated carbocycles. The maximum atomic E-state index is 12.4. The van der Waals surface area contributed by atoms with Crippen molar-refractivity contribution in [3.63, 3.8) is 0 Å². The summed E-state index contributed by atoms with van der Waals surface area (Å²) in [5.74, 6) is 1.21. The first-order valence-electron chi connectivity index (χ1n) is 8.19. The van der Waals surface area contributed by atoms with Gasteiger partial charge in [0.05, 0.1) is 0 Å². The van der Waals surface area contributed by atoms with E-state index in [1.54, 1.807) is 0 Å². The van der Waals surface area contributed by atoms with E-state index in [-0.39, 0.29) is 11.3 Å². The zero-order valence-corrected chi connectivity index (χ0v) is 13.8. The SMILES string of the molecule is CC1(C)CCCN(C(=O)CCc2nnc(-c3ccccc3)o2)C1. The molecule has 5 heteroatoms. The molecule has 0 radical (unpaired) electrons. The number of amides is 1. The minimum atomic E-state index is 0.178. The van der Waals surface area contributed by atoms with Gasteiger partial charge in [0.25, 0.3) is 0 Å². The second-order valence-electron chi connectivity index (χ2n) is 6.95. The number of carbonyl (C=O) groups excluding carboxylic acids is 1. The zero-order chi connectivity index (χ0) is 16.3. The lowest BCUT2D eigenvalue weighted by Gasteiger charge is -2.38. The third-order valence-corrected chi connectivity index (χ3v) is 4.29. The van der Waals surface area contributed by atoms with Gasteiger partial charge in [-0.1, -0.05) is 32.0 Å². The molecule has 2 heterocycles. The summed E-state index contributed by atoms with van der Waals surface area (Å²) in [5.41, 5.74) is 1.12. The van der Waals surface area contributed by atoms with Gasteiger partial charge in [-0.2, -0.15) is 0 Å². The van der Waals surface area contributed by atoms with Crippen molar-refractivity contribution in [2.45, 2.75) is 39.5 Å². The monoisotopic (exact) mass is 313 g/mol. The van der Waals surface area contributed by atoms with Crippen LogP contribution < -0.4 is 0 Å². The Morgan fingerprint density at radius 1 is 1.26 bits per heavy atom. The van der Waals surface area contributed by atoms with Gasteiger partial charge in [-0.05, 0) is 30.4 Å². The molecule has 5 nitrogen and oxygen atoms in total. The number of aromatic nitrogens is 2. The molecule has 1 saturated heterocycles. The number of hydrogen-bond donors (Lipinski definition) is 0. The molecule has 0 atom stereocenters. The van der Waals surface area contributed by atoms with Gasteiger partial charge in [-0.25, -0.2) is 0 Å². The van der Waals surface area contributed by atoms with Crippen molar-refractivity contribution in [3.8, 4) is 11.5 Å². The van der Waals surface area contributed by atoms with Crippen LogP contribution in [0.4, 0.5) is 0 Å². The molecule has 0 aliphatic carbocycles. The summed E-state index contributed by atoms with van der Waals surface area (Å²) >= 11 is 0. The molecule has 1 amide bonds. The summed E-state index contributed by atoms with van der Waals surface area (Å²) in [5, 5.41) is 8.11. The first kappa shape index (κ1) is 15.7. The molecule has 1 aliphatic heterocycles. The number of aryl methyl sites for hydroxylation is 1. The highest BCUT2D eigenvalue weighted by atomic mass is 16.4. The Morgan fingerprint density at radius 2 is 2.04 bits per heavy atom. The van der Waals surface area contributed by atoms with Crippen LogP contribution in [0.1, 0.15) is 39.0 Å². The van der Waals surface area contributed by atoms with E-state index in [0.29, 0.717) is 24.6 Å². The largest absolute Gasteiger partial charge is 0.421 e. The Bertz CT molecular complexity index is 664. The molecule has 0 bridgehead atoms. The van der Waals surface area contributed by atoms with E-state index in [4.69, 9.17) is 4.42 Å². The number of benzene rings is 1. The zero-order valence-electron chi connectivity index (χ0n) is 13.8. The second-order valence-corrected chi connectivity index (χ2v) is 6.95. The molecule has 1 aromatic heterocycles. The number of carbonyl (C=O) groups is 1. The van der Waals surface area contributed by atoms with E-state index >= 15 is 0 Å². The van der Waals surface area contributed by atoms with Crippen LogP contribution in [-0.4, -0.2) is 34.1 Å². The van der Waals surface area contributed by atoms with Crippen LogP contribution >= 0.6 is 0 Å². The van der Waals surface area contributed by atoms with Crippen LogP contribution in [0.5, 0.6) is 0 Å². The lowest BCUT2D eigenvalue weighted by molar-refractivity contribution is -0.134.